The van der Waals surface area contributed by atoms with Crippen LogP contribution in [0, 0.1) is 13.8 Å². The number of hydrogen-bond acceptors (Lipinski definition) is 2. The Balaban J connectivity index is 1.76. The van der Waals surface area contributed by atoms with Gasteiger partial charge in [0, 0.05) is 24.8 Å². The third kappa shape index (κ3) is 4.10. The predicted molar refractivity (Wildman–Crippen MR) is 87.3 cm³/mol. The molecule has 2 aromatic carbocycles. The largest absolute Gasteiger partial charge is 0.384 e. The Morgan fingerprint density at radius 2 is 1.70 bits per heavy atom. The Morgan fingerprint density at radius 3 is 2.40 bits per heavy atom. The van der Waals surface area contributed by atoms with Gasteiger partial charge in [-0.1, -0.05) is 48.0 Å². The second-order valence-corrected chi connectivity index (χ2v) is 5.33. The van der Waals surface area contributed by atoms with Crippen molar-refractivity contribution < 1.29 is 0 Å². The predicted octanol–water partition coefficient (Wildman–Crippen LogP) is 4.07. The topological polar surface area (TPSA) is 24.1 Å². The average Bonchev–Trinajstić information content (AvgIpc) is 2.46. The van der Waals surface area contributed by atoms with Gasteiger partial charge in [-0.25, -0.2) is 0 Å². The molecule has 2 nitrogen and oxygen atoms in total. The third-order valence-electron chi connectivity index (χ3n) is 3.57. The number of hydrogen-bond donors (Lipinski definition) is 2. The quantitative estimate of drug-likeness (QED) is 0.772. The van der Waals surface area contributed by atoms with Crippen molar-refractivity contribution in [3.05, 3.63) is 65.2 Å². The summed E-state index contributed by atoms with van der Waals surface area (Å²) in [6, 6.07) is 17.4. The lowest BCUT2D eigenvalue weighted by molar-refractivity contribution is 0.588. The molecule has 1 unspecified atom stereocenters. The van der Waals surface area contributed by atoms with Crippen LogP contribution in [0.25, 0.3) is 0 Å². The lowest BCUT2D eigenvalue weighted by Gasteiger charge is -2.15. The first kappa shape index (κ1) is 14.6. The normalized spacial score (nSPS) is 12.2. The summed E-state index contributed by atoms with van der Waals surface area (Å²) in [4.78, 5) is 0. The van der Waals surface area contributed by atoms with Gasteiger partial charge < -0.3 is 10.6 Å². The number of rotatable bonds is 6. The van der Waals surface area contributed by atoms with Crippen molar-refractivity contribution in [2.24, 2.45) is 0 Å². The van der Waals surface area contributed by atoms with Gasteiger partial charge in [-0.15, -0.1) is 0 Å². The second-order valence-electron chi connectivity index (χ2n) is 5.33. The van der Waals surface area contributed by atoms with Crippen molar-refractivity contribution >= 4 is 5.69 Å². The molecular formula is C18H24N2. The summed E-state index contributed by atoms with van der Waals surface area (Å²) in [5, 5.41) is 7.02. The Hall–Kier alpha value is -1.80. The molecule has 0 heterocycles. The first-order valence-electron chi connectivity index (χ1n) is 7.26. The third-order valence-corrected chi connectivity index (χ3v) is 3.57. The van der Waals surface area contributed by atoms with Crippen molar-refractivity contribution in [3.63, 3.8) is 0 Å². The maximum absolute atomic E-state index is 3.54. The zero-order chi connectivity index (χ0) is 14.4. The summed E-state index contributed by atoms with van der Waals surface area (Å²) in [6.07, 6.45) is 0. The highest BCUT2D eigenvalue weighted by Gasteiger charge is 2.03. The Bertz CT molecular complexity index is 534. The minimum absolute atomic E-state index is 0.386. The summed E-state index contributed by atoms with van der Waals surface area (Å²) >= 11 is 0. The second kappa shape index (κ2) is 7.11. The van der Waals surface area contributed by atoms with Gasteiger partial charge in [-0.05, 0) is 38.0 Å². The molecule has 0 saturated heterocycles. The first-order chi connectivity index (χ1) is 9.66. The van der Waals surface area contributed by atoms with Gasteiger partial charge >= 0.3 is 0 Å². The molecule has 2 N–H and O–H groups in total. The molecule has 0 fully saturated rings. The van der Waals surface area contributed by atoms with Crippen LogP contribution in [0.1, 0.15) is 29.7 Å². The van der Waals surface area contributed by atoms with E-state index in [1.165, 1.54) is 22.4 Å². The van der Waals surface area contributed by atoms with E-state index < -0.39 is 0 Å². The molecule has 0 spiro atoms. The summed E-state index contributed by atoms with van der Waals surface area (Å²) in [5.74, 6) is 0. The molecule has 0 aliphatic rings. The zero-order valence-corrected chi connectivity index (χ0v) is 12.6. The fourth-order valence-corrected chi connectivity index (χ4v) is 2.36. The zero-order valence-electron chi connectivity index (χ0n) is 12.6. The lowest BCUT2D eigenvalue weighted by Crippen LogP contribution is -2.25. The van der Waals surface area contributed by atoms with Gasteiger partial charge in [-0.2, -0.15) is 0 Å². The highest BCUT2D eigenvalue weighted by molar-refractivity contribution is 5.51. The van der Waals surface area contributed by atoms with Crippen LogP contribution in [0.2, 0.25) is 0 Å². The number of aryl methyl sites for hydroxylation is 2. The molecule has 0 aromatic heterocycles. The number of nitrogens with one attached hydrogen (secondary N) is 2. The van der Waals surface area contributed by atoms with E-state index in [9.17, 15) is 0 Å². The maximum Gasteiger partial charge on any atom is 0.0370 e. The van der Waals surface area contributed by atoms with E-state index >= 15 is 0 Å². The molecule has 1 atom stereocenters. The van der Waals surface area contributed by atoms with E-state index in [4.69, 9.17) is 0 Å². The molecule has 0 radical (unpaired) electrons. The van der Waals surface area contributed by atoms with E-state index in [1.807, 2.05) is 0 Å². The molecule has 2 heteroatoms. The maximum atomic E-state index is 3.54. The summed E-state index contributed by atoms with van der Waals surface area (Å²) in [6.45, 7) is 8.35. The van der Waals surface area contributed by atoms with E-state index in [0.717, 1.165) is 13.1 Å². The van der Waals surface area contributed by atoms with Crippen LogP contribution in [0.4, 0.5) is 5.69 Å². The molecule has 20 heavy (non-hydrogen) atoms. The van der Waals surface area contributed by atoms with Crippen LogP contribution in [0.15, 0.2) is 48.5 Å². The molecule has 0 amide bonds. The fraction of sp³-hybridized carbons (Fsp3) is 0.333. The van der Waals surface area contributed by atoms with Crippen LogP contribution in [-0.4, -0.2) is 13.1 Å². The monoisotopic (exact) mass is 268 g/mol. The van der Waals surface area contributed by atoms with Crippen LogP contribution in [0.5, 0.6) is 0 Å². The Kier molecular flexibility index (Phi) is 5.19. The number of anilines is 1. The molecule has 2 rings (SSSR count). The van der Waals surface area contributed by atoms with Gasteiger partial charge in [0.1, 0.15) is 0 Å². The molecule has 2 aromatic rings. The SMILES string of the molecule is Cc1ccc(NCCNC(C)c2ccccc2)c(C)c1. The van der Waals surface area contributed by atoms with E-state index in [2.05, 4.69) is 79.9 Å². The molecule has 0 saturated carbocycles. The minimum Gasteiger partial charge on any atom is -0.384 e. The molecule has 0 aliphatic heterocycles. The molecule has 106 valence electrons. The van der Waals surface area contributed by atoms with Crippen molar-refractivity contribution in [1.82, 2.24) is 5.32 Å². The van der Waals surface area contributed by atoms with Gasteiger partial charge in [0.2, 0.25) is 0 Å². The Labute approximate surface area is 122 Å². The van der Waals surface area contributed by atoms with Crippen molar-refractivity contribution in [2.75, 3.05) is 18.4 Å². The van der Waals surface area contributed by atoms with Crippen LogP contribution in [-0.2, 0) is 0 Å². The minimum atomic E-state index is 0.386. The van der Waals surface area contributed by atoms with Gasteiger partial charge in [0.05, 0.1) is 0 Å². The van der Waals surface area contributed by atoms with Crippen LogP contribution >= 0.6 is 0 Å². The smallest absolute Gasteiger partial charge is 0.0370 e. The first-order valence-corrected chi connectivity index (χ1v) is 7.26. The van der Waals surface area contributed by atoms with Crippen molar-refractivity contribution in [2.45, 2.75) is 26.8 Å². The highest BCUT2D eigenvalue weighted by atomic mass is 15.0. The average molecular weight is 268 g/mol. The van der Waals surface area contributed by atoms with E-state index in [-0.39, 0.29) is 0 Å². The fourth-order valence-electron chi connectivity index (χ4n) is 2.36. The van der Waals surface area contributed by atoms with Crippen LogP contribution < -0.4 is 10.6 Å². The molecule has 0 bridgehead atoms. The van der Waals surface area contributed by atoms with Gasteiger partial charge in [-0.3, -0.25) is 0 Å². The van der Waals surface area contributed by atoms with Crippen molar-refractivity contribution in [3.8, 4) is 0 Å². The standard InChI is InChI=1S/C18H24N2/c1-14-9-10-18(15(2)13-14)20-12-11-19-16(3)17-7-5-4-6-8-17/h4-10,13,16,19-20H,11-12H2,1-3H3. The van der Waals surface area contributed by atoms with Gasteiger partial charge in [0.15, 0.2) is 0 Å². The van der Waals surface area contributed by atoms with Crippen LogP contribution in [0.3, 0.4) is 0 Å². The van der Waals surface area contributed by atoms with E-state index in [0.29, 0.717) is 6.04 Å². The highest BCUT2D eigenvalue weighted by Crippen LogP contribution is 2.15. The summed E-state index contributed by atoms with van der Waals surface area (Å²) in [5.41, 5.74) is 5.17. The molecule has 0 aliphatic carbocycles. The lowest BCUT2D eigenvalue weighted by atomic mass is 10.1. The van der Waals surface area contributed by atoms with E-state index in [1.54, 1.807) is 0 Å². The molecular weight excluding hydrogens is 244 g/mol. The summed E-state index contributed by atoms with van der Waals surface area (Å²) < 4.78 is 0. The number of benzene rings is 2. The van der Waals surface area contributed by atoms with Crippen molar-refractivity contribution in [1.29, 1.82) is 0 Å². The Morgan fingerprint density at radius 1 is 0.950 bits per heavy atom. The van der Waals surface area contributed by atoms with Gasteiger partial charge in [0.25, 0.3) is 0 Å². The summed E-state index contributed by atoms with van der Waals surface area (Å²) in [7, 11) is 0.